The molecule has 19 heavy (non-hydrogen) atoms. The van der Waals surface area contributed by atoms with Gasteiger partial charge in [0.25, 0.3) is 10.0 Å². The molecule has 0 aromatic heterocycles. The summed E-state index contributed by atoms with van der Waals surface area (Å²) in [4.78, 5) is 12.1. The van der Waals surface area contributed by atoms with Gasteiger partial charge in [0.15, 0.2) is 4.91 Å². The van der Waals surface area contributed by atoms with Crippen LogP contribution < -0.4 is 9.62 Å². The Morgan fingerprint density at radius 1 is 1.26 bits per heavy atom. The lowest BCUT2D eigenvalue weighted by Gasteiger charge is -2.27. The smallest absolute Gasteiger partial charge is 0.269 e. The summed E-state index contributed by atoms with van der Waals surface area (Å²) in [6, 6.07) is 6.73. The van der Waals surface area contributed by atoms with Gasteiger partial charge in [0.2, 0.25) is 5.78 Å². The molecular formula is C13H16N2O3S. The summed E-state index contributed by atoms with van der Waals surface area (Å²) < 4.78 is 25.7. The molecule has 0 fully saturated rings. The highest BCUT2D eigenvalue weighted by molar-refractivity contribution is 7.97. The van der Waals surface area contributed by atoms with E-state index < -0.39 is 15.8 Å². The number of anilines is 1. The Balaban J connectivity index is 2.60. The molecule has 2 rings (SSSR count). The number of allylic oxidation sites excluding steroid dienone is 1. The van der Waals surface area contributed by atoms with Crippen LogP contribution in [0.2, 0.25) is 0 Å². The number of benzene rings is 1. The molecule has 0 radical (unpaired) electrons. The fraction of sp³-hybridized carbons (Fsp3) is 0.308. The van der Waals surface area contributed by atoms with Crippen molar-refractivity contribution in [3.8, 4) is 0 Å². The number of nitrogens with one attached hydrogen (secondary N) is 1. The van der Waals surface area contributed by atoms with Gasteiger partial charge in [-0.15, -0.1) is 0 Å². The zero-order chi connectivity index (χ0) is 14.2. The number of ketones is 1. The minimum Gasteiger partial charge on any atom is -0.388 e. The highest BCUT2D eigenvalue weighted by Gasteiger charge is 2.37. The van der Waals surface area contributed by atoms with Crippen molar-refractivity contribution in [1.82, 2.24) is 5.32 Å². The summed E-state index contributed by atoms with van der Waals surface area (Å²) in [6.07, 6.45) is 1.29. The molecule has 102 valence electrons. The van der Waals surface area contributed by atoms with Crippen LogP contribution in [0, 0.1) is 0 Å². The van der Waals surface area contributed by atoms with Gasteiger partial charge in [-0.3, -0.25) is 9.10 Å². The highest BCUT2D eigenvalue weighted by Crippen LogP contribution is 2.33. The van der Waals surface area contributed by atoms with Gasteiger partial charge >= 0.3 is 0 Å². The van der Waals surface area contributed by atoms with Crippen molar-refractivity contribution in [2.75, 3.05) is 11.4 Å². The van der Waals surface area contributed by atoms with E-state index in [2.05, 4.69) is 5.32 Å². The number of carbonyl (C=O) groups excluding carboxylic acids is 1. The van der Waals surface area contributed by atoms with Crippen LogP contribution in [0.25, 0.3) is 0 Å². The summed E-state index contributed by atoms with van der Waals surface area (Å²) in [5, 5.41) is 2.86. The van der Waals surface area contributed by atoms with Crippen molar-refractivity contribution in [2.45, 2.75) is 19.9 Å². The molecule has 1 N–H and O–H groups in total. The first-order chi connectivity index (χ1) is 8.85. The van der Waals surface area contributed by atoms with Crippen LogP contribution in [0.5, 0.6) is 0 Å². The van der Waals surface area contributed by atoms with E-state index in [1.54, 1.807) is 24.3 Å². The number of Topliss-reactive ketones (excluding diaryl/α,β-unsaturated/α-hetero) is 1. The van der Waals surface area contributed by atoms with Gasteiger partial charge in [0.05, 0.1) is 5.69 Å². The second-order valence-corrected chi connectivity index (χ2v) is 6.59. The summed E-state index contributed by atoms with van der Waals surface area (Å²) >= 11 is 0. The maximum atomic E-state index is 12.3. The van der Waals surface area contributed by atoms with Crippen LogP contribution in [0.3, 0.4) is 0 Å². The first-order valence-corrected chi connectivity index (χ1v) is 7.38. The molecule has 6 heteroatoms. The molecule has 1 aliphatic rings. The molecule has 5 nitrogen and oxygen atoms in total. The third-order valence-electron chi connectivity index (χ3n) is 2.90. The van der Waals surface area contributed by atoms with Crippen molar-refractivity contribution in [1.29, 1.82) is 0 Å². The molecule has 0 atom stereocenters. The summed E-state index contributed by atoms with van der Waals surface area (Å²) in [7, 11) is -2.33. The van der Waals surface area contributed by atoms with E-state index in [9.17, 15) is 13.2 Å². The molecule has 0 aliphatic carbocycles. The summed E-state index contributed by atoms with van der Waals surface area (Å²) in [5.74, 6) is -0.471. The van der Waals surface area contributed by atoms with Crippen LogP contribution in [-0.2, 0) is 10.0 Å². The molecule has 0 bridgehead atoms. The van der Waals surface area contributed by atoms with E-state index >= 15 is 0 Å². The number of para-hydroxylation sites is 1. The molecule has 1 aromatic carbocycles. The lowest BCUT2D eigenvalue weighted by Crippen LogP contribution is -2.37. The Morgan fingerprint density at radius 3 is 2.53 bits per heavy atom. The largest absolute Gasteiger partial charge is 0.388 e. The predicted molar refractivity (Wildman–Crippen MR) is 74.5 cm³/mol. The van der Waals surface area contributed by atoms with Gasteiger partial charge in [-0.2, -0.15) is 0 Å². The summed E-state index contributed by atoms with van der Waals surface area (Å²) in [6.45, 7) is 3.74. The lowest BCUT2D eigenvalue weighted by molar-refractivity contribution is 0.104. The quantitative estimate of drug-likeness (QED) is 0.833. The number of hydrogen-bond acceptors (Lipinski definition) is 4. The molecule has 0 saturated heterocycles. The fourth-order valence-corrected chi connectivity index (χ4v) is 3.12. The first kappa shape index (κ1) is 13.6. The maximum absolute atomic E-state index is 12.3. The molecule has 1 heterocycles. The van der Waals surface area contributed by atoms with E-state index in [1.807, 2.05) is 13.8 Å². The predicted octanol–water partition coefficient (Wildman–Crippen LogP) is 1.49. The van der Waals surface area contributed by atoms with Gasteiger partial charge < -0.3 is 5.32 Å². The van der Waals surface area contributed by atoms with Crippen molar-refractivity contribution in [3.05, 3.63) is 40.9 Å². The molecule has 0 saturated carbocycles. The molecule has 0 unspecified atom stereocenters. The zero-order valence-electron chi connectivity index (χ0n) is 11.0. The third kappa shape index (κ3) is 2.23. The van der Waals surface area contributed by atoms with E-state index in [1.165, 1.54) is 13.2 Å². The number of sulfonamides is 1. The van der Waals surface area contributed by atoms with Gasteiger partial charge in [-0.05, 0) is 26.0 Å². The van der Waals surface area contributed by atoms with Crippen molar-refractivity contribution in [2.24, 2.45) is 0 Å². The maximum Gasteiger partial charge on any atom is 0.269 e. The average molecular weight is 280 g/mol. The zero-order valence-corrected chi connectivity index (χ0v) is 11.9. The van der Waals surface area contributed by atoms with Crippen LogP contribution >= 0.6 is 0 Å². The van der Waals surface area contributed by atoms with Crippen molar-refractivity contribution in [3.63, 3.8) is 0 Å². The monoisotopic (exact) mass is 280 g/mol. The molecule has 0 amide bonds. The van der Waals surface area contributed by atoms with Crippen LogP contribution in [0.4, 0.5) is 5.69 Å². The fourth-order valence-electron chi connectivity index (χ4n) is 1.85. The normalized spacial score (nSPS) is 19.7. The van der Waals surface area contributed by atoms with Gasteiger partial charge in [0, 0.05) is 24.9 Å². The van der Waals surface area contributed by atoms with Gasteiger partial charge in [-0.1, -0.05) is 12.1 Å². The molecular weight excluding hydrogens is 264 g/mol. The van der Waals surface area contributed by atoms with Gasteiger partial charge in [-0.25, -0.2) is 8.42 Å². The Bertz CT molecular complexity index is 648. The number of hydrogen-bond donors (Lipinski definition) is 1. The Hall–Kier alpha value is -1.82. The minimum absolute atomic E-state index is 0.0537. The lowest BCUT2D eigenvalue weighted by atomic mass is 10.1. The molecule has 1 aliphatic heterocycles. The summed E-state index contributed by atoms with van der Waals surface area (Å²) in [5.41, 5.74) is 0.811. The Kier molecular flexibility index (Phi) is 3.36. The number of nitrogens with zero attached hydrogens (tertiary/aromatic N) is 1. The standard InChI is InChI=1S/C13H16N2O3S/c1-9(2)14-8-12-13(16)10-6-4-5-7-11(10)15(3)19(12,17)18/h4-9,14H,1-3H3/b12-8+. The first-order valence-electron chi connectivity index (χ1n) is 5.94. The topological polar surface area (TPSA) is 66.5 Å². The Labute approximate surface area is 113 Å². The van der Waals surface area contributed by atoms with Crippen LogP contribution in [0.15, 0.2) is 35.4 Å². The number of fused-ring (bicyclic) bond motifs is 1. The highest BCUT2D eigenvalue weighted by atomic mass is 32.2. The van der Waals surface area contributed by atoms with Crippen molar-refractivity contribution >= 4 is 21.5 Å². The van der Waals surface area contributed by atoms with Crippen LogP contribution in [0.1, 0.15) is 24.2 Å². The van der Waals surface area contributed by atoms with E-state index in [0.29, 0.717) is 11.3 Å². The second-order valence-electron chi connectivity index (χ2n) is 4.65. The second kappa shape index (κ2) is 4.70. The number of carbonyl (C=O) groups is 1. The van der Waals surface area contributed by atoms with Crippen LogP contribution in [-0.4, -0.2) is 27.3 Å². The van der Waals surface area contributed by atoms with Crippen molar-refractivity contribution < 1.29 is 13.2 Å². The van der Waals surface area contributed by atoms with E-state index in [0.717, 1.165) is 4.31 Å². The molecule has 1 aromatic rings. The van der Waals surface area contributed by atoms with Gasteiger partial charge in [0.1, 0.15) is 0 Å². The minimum atomic E-state index is -3.78. The number of rotatable bonds is 2. The van der Waals surface area contributed by atoms with E-state index in [4.69, 9.17) is 0 Å². The SMILES string of the molecule is CC(C)N/C=C1\C(=O)c2ccccc2N(C)S1(=O)=O. The Morgan fingerprint density at radius 2 is 1.89 bits per heavy atom. The third-order valence-corrected chi connectivity index (χ3v) is 4.67. The van der Waals surface area contributed by atoms with E-state index in [-0.39, 0.29) is 10.9 Å². The molecule has 0 spiro atoms. The average Bonchev–Trinajstić information content (AvgIpc) is 2.36.